The van der Waals surface area contributed by atoms with Gasteiger partial charge < -0.3 is 14.4 Å². The molecule has 110 valence electrons. The van der Waals surface area contributed by atoms with Gasteiger partial charge in [0.25, 0.3) is 0 Å². The number of para-hydroxylation sites is 2. The molecular weight excluding hydrogens is 322 g/mol. The fraction of sp³-hybridized carbons (Fsp3) is 0.533. The molecule has 0 N–H and O–H groups in total. The molecular formula is C15H20BrNO3. The Morgan fingerprint density at radius 1 is 1.35 bits per heavy atom. The van der Waals surface area contributed by atoms with Crippen LogP contribution in [-0.2, 0) is 4.79 Å². The van der Waals surface area contributed by atoms with Crippen molar-refractivity contribution < 1.29 is 14.3 Å². The fourth-order valence-corrected chi connectivity index (χ4v) is 2.52. The maximum Gasteiger partial charge on any atom is 0.222 e. The van der Waals surface area contributed by atoms with Crippen LogP contribution in [0.25, 0.3) is 0 Å². The second-order valence-corrected chi connectivity index (χ2v) is 5.71. The van der Waals surface area contributed by atoms with Gasteiger partial charge >= 0.3 is 0 Å². The summed E-state index contributed by atoms with van der Waals surface area (Å²) in [6.07, 6.45) is 2.43. The van der Waals surface area contributed by atoms with Crippen LogP contribution in [0, 0.1) is 0 Å². The van der Waals surface area contributed by atoms with E-state index in [1.165, 1.54) is 0 Å². The highest BCUT2D eigenvalue weighted by Crippen LogP contribution is 2.30. The Hall–Kier alpha value is -1.23. The van der Waals surface area contributed by atoms with Crippen molar-refractivity contribution in [2.75, 3.05) is 25.5 Å². The Kier molecular flexibility index (Phi) is 5.71. The van der Waals surface area contributed by atoms with Crippen molar-refractivity contribution in [3.8, 4) is 11.5 Å². The van der Waals surface area contributed by atoms with E-state index in [4.69, 9.17) is 9.47 Å². The number of fused-ring (bicyclic) bond motifs is 1. The van der Waals surface area contributed by atoms with Crippen LogP contribution in [0.3, 0.4) is 0 Å². The maximum absolute atomic E-state index is 12.0. The maximum atomic E-state index is 12.0. The molecule has 0 fully saturated rings. The number of carbonyl (C=O) groups is 1. The van der Waals surface area contributed by atoms with Crippen molar-refractivity contribution in [1.29, 1.82) is 0 Å². The molecule has 0 bridgehead atoms. The second kappa shape index (κ2) is 7.53. The van der Waals surface area contributed by atoms with E-state index in [1.807, 2.05) is 31.3 Å². The third-order valence-corrected chi connectivity index (χ3v) is 3.81. The molecule has 1 aromatic carbocycles. The van der Waals surface area contributed by atoms with Crippen LogP contribution in [0.5, 0.6) is 11.5 Å². The lowest BCUT2D eigenvalue weighted by atomic mass is 10.2. The van der Waals surface area contributed by atoms with Crippen molar-refractivity contribution in [1.82, 2.24) is 4.90 Å². The lowest BCUT2D eigenvalue weighted by molar-refractivity contribution is -0.131. The highest BCUT2D eigenvalue weighted by atomic mass is 79.9. The minimum Gasteiger partial charge on any atom is -0.486 e. The smallest absolute Gasteiger partial charge is 0.222 e. The van der Waals surface area contributed by atoms with Gasteiger partial charge in [-0.3, -0.25) is 4.79 Å². The first-order valence-corrected chi connectivity index (χ1v) is 8.01. The number of alkyl halides is 1. The summed E-state index contributed by atoms with van der Waals surface area (Å²) in [5.74, 6) is 1.69. The molecule has 4 nitrogen and oxygen atoms in total. The minimum absolute atomic E-state index is 0.102. The summed E-state index contributed by atoms with van der Waals surface area (Å²) in [5, 5.41) is 0.945. The normalized spacial score (nSPS) is 16.8. The van der Waals surface area contributed by atoms with Gasteiger partial charge in [0.1, 0.15) is 6.61 Å². The number of hydrogen-bond acceptors (Lipinski definition) is 3. The van der Waals surface area contributed by atoms with Gasteiger partial charge in [-0.1, -0.05) is 28.1 Å². The zero-order valence-electron chi connectivity index (χ0n) is 11.7. The highest BCUT2D eigenvalue weighted by molar-refractivity contribution is 9.09. The average molecular weight is 342 g/mol. The van der Waals surface area contributed by atoms with Crippen LogP contribution < -0.4 is 9.47 Å². The van der Waals surface area contributed by atoms with Gasteiger partial charge in [-0.15, -0.1) is 0 Å². The molecule has 1 aromatic rings. The van der Waals surface area contributed by atoms with Gasteiger partial charge in [0.2, 0.25) is 5.91 Å². The summed E-state index contributed by atoms with van der Waals surface area (Å²) in [7, 11) is 1.82. The summed E-state index contributed by atoms with van der Waals surface area (Å²) in [6, 6.07) is 7.61. The number of unbranched alkanes of at least 4 members (excludes halogenated alkanes) is 1. The summed E-state index contributed by atoms with van der Waals surface area (Å²) in [6.45, 7) is 1.04. The number of rotatable bonds is 6. The molecule has 1 atom stereocenters. The van der Waals surface area contributed by atoms with E-state index in [-0.39, 0.29) is 12.0 Å². The Bertz CT molecular complexity index is 452. The van der Waals surface area contributed by atoms with Crippen LogP contribution in [0.2, 0.25) is 0 Å². The van der Waals surface area contributed by atoms with Gasteiger partial charge in [0.15, 0.2) is 17.6 Å². The zero-order chi connectivity index (χ0) is 14.4. The van der Waals surface area contributed by atoms with Gasteiger partial charge in [0.05, 0.1) is 6.54 Å². The van der Waals surface area contributed by atoms with Crippen LogP contribution in [0.1, 0.15) is 19.3 Å². The van der Waals surface area contributed by atoms with Crippen molar-refractivity contribution in [3.63, 3.8) is 0 Å². The topological polar surface area (TPSA) is 38.8 Å². The summed E-state index contributed by atoms with van der Waals surface area (Å²) >= 11 is 3.37. The van der Waals surface area contributed by atoms with E-state index in [0.29, 0.717) is 19.6 Å². The first-order valence-electron chi connectivity index (χ1n) is 6.89. The standard InChI is InChI=1S/C15H20BrNO3/c1-17(15(18)8-4-5-9-16)10-12-11-19-13-6-2-3-7-14(13)20-12/h2-3,6-7,12H,4-5,8-11H2,1H3. The van der Waals surface area contributed by atoms with Gasteiger partial charge in [-0.25, -0.2) is 0 Å². The number of carbonyl (C=O) groups excluding carboxylic acids is 1. The van der Waals surface area contributed by atoms with E-state index in [2.05, 4.69) is 15.9 Å². The zero-order valence-corrected chi connectivity index (χ0v) is 13.3. The van der Waals surface area contributed by atoms with Crippen LogP contribution in [0.4, 0.5) is 0 Å². The van der Waals surface area contributed by atoms with Gasteiger partial charge in [-0.05, 0) is 25.0 Å². The number of halogens is 1. The monoisotopic (exact) mass is 341 g/mol. The van der Waals surface area contributed by atoms with Gasteiger partial charge in [-0.2, -0.15) is 0 Å². The molecule has 0 aromatic heterocycles. The molecule has 1 aliphatic heterocycles. The molecule has 1 heterocycles. The van der Waals surface area contributed by atoms with Crippen molar-refractivity contribution in [3.05, 3.63) is 24.3 Å². The highest BCUT2D eigenvalue weighted by Gasteiger charge is 2.23. The lowest BCUT2D eigenvalue weighted by Gasteiger charge is -2.29. The largest absolute Gasteiger partial charge is 0.486 e. The number of amides is 1. The Morgan fingerprint density at radius 2 is 2.10 bits per heavy atom. The van der Waals surface area contributed by atoms with E-state index in [9.17, 15) is 4.79 Å². The number of nitrogens with zero attached hydrogens (tertiary/aromatic N) is 1. The Morgan fingerprint density at radius 3 is 2.85 bits per heavy atom. The van der Waals surface area contributed by atoms with E-state index >= 15 is 0 Å². The first-order chi connectivity index (χ1) is 9.70. The summed E-state index contributed by atoms with van der Waals surface area (Å²) in [5.41, 5.74) is 0. The molecule has 0 radical (unpaired) electrons. The molecule has 0 saturated heterocycles. The Balaban J connectivity index is 1.81. The predicted molar refractivity (Wildman–Crippen MR) is 81.6 cm³/mol. The average Bonchev–Trinajstić information content (AvgIpc) is 2.47. The molecule has 1 unspecified atom stereocenters. The quantitative estimate of drug-likeness (QED) is 0.589. The predicted octanol–water partition coefficient (Wildman–Crippen LogP) is 2.85. The first kappa shape index (κ1) is 15.2. The molecule has 0 spiro atoms. The lowest BCUT2D eigenvalue weighted by Crippen LogP contribution is -2.41. The van der Waals surface area contributed by atoms with Crippen molar-refractivity contribution >= 4 is 21.8 Å². The third kappa shape index (κ3) is 4.13. The molecule has 20 heavy (non-hydrogen) atoms. The molecule has 5 heteroatoms. The van der Waals surface area contributed by atoms with Crippen molar-refractivity contribution in [2.45, 2.75) is 25.4 Å². The summed E-state index contributed by atoms with van der Waals surface area (Å²) < 4.78 is 11.5. The van der Waals surface area contributed by atoms with Crippen LogP contribution >= 0.6 is 15.9 Å². The molecule has 2 rings (SSSR count). The Labute approximate surface area is 128 Å². The number of ether oxygens (including phenoxy) is 2. The summed E-state index contributed by atoms with van der Waals surface area (Å²) in [4.78, 5) is 13.7. The fourth-order valence-electron chi connectivity index (χ4n) is 2.12. The molecule has 0 saturated carbocycles. The number of hydrogen-bond donors (Lipinski definition) is 0. The van der Waals surface area contributed by atoms with Crippen LogP contribution in [-0.4, -0.2) is 42.4 Å². The second-order valence-electron chi connectivity index (χ2n) is 4.92. The SMILES string of the molecule is CN(CC1COc2ccccc2O1)C(=O)CCCCBr. The van der Waals surface area contributed by atoms with Crippen molar-refractivity contribution in [2.24, 2.45) is 0 Å². The minimum atomic E-state index is -0.102. The number of benzene rings is 1. The van der Waals surface area contributed by atoms with Crippen LogP contribution in [0.15, 0.2) is 24.3 Å². The molecule has 0 aliphatic carbocycles. The van der Waals surface area contributed by atoms with E-state index in [1.54, 1.807) is 4.90 Å². The third-order valence-electron chi connectivity index (χ3n) is 3.25. The number of likely N-dealkylation sites (N-methyl/N-ethyl adjacent to an activating group) is 1. The van der Waals surface area contributed by atoms with Gasteiger partial charge in [0, 0.05) is 18.8 Å². The molecule has 1 aliphatic rings. The van der Waals surface area contributed by atoms with E-state index < -0.39 is 0 Å². The van der Waals surface area contributed by atoms with E-state index in [0.717, 1.165) is 29.7 Å². The molecule has 1 amide bonds.